The Bertz CT molecular complexity index is 1240. The average Bonchev–Trinajstić information content (AvgIpc) is 3.37. The molecule has 0 bridgehead atoms. The molecule has 0 fully saturated rings. The van der Waals surface area contributed by atoms with E-state index in [1.54, 1.807) is 0 Å². The molecule has 152 valence electrons. The van der Waals surface area contributed by atoms with Gasteiger partial charge in [-0.05, 0) is 37.5 Å². The maximum Gasteiger partial charge on any atom is 0.277 e. The molecule has 0 aliphatic carbocycles. The van der Waals surface area contributed by atoms with Crippen molar-refractivity contribution in [3.63, 3.8) is 0 Å². The van der Waals surface area contributed by atoms with Crippen molar-refractivity contribution < 1.29 is 9.21 Å². The normalized spacial score (nSPS) is 14.7. The second kappa shape index (κ2) is 8.06. The number of thiophene rings is 1. The molecule has 2 aromatic heterocycles. The Morgan fingerprint density at radius 1 is 1.20 bits per heavy atom. The predicted molar refractivity (Wildman–Crippen MR) is 123 cm³/mol. The number of carbonyl (C=O) groups excluding carboxylic acids is 1. The largest absolute Gasteiger partial charge is 0.410 e. The first-order valence-corrected chi connectivity index (χ1v) is 11.8. The van der Waals surface area contributed by atoms with Gasteiger partial charge >= 0.3 is 0 Å². The minimum atomic E-state index is -0.345. The zero-order chi connectivity index (χ0) is 20.7. The monoisotopic (exact) mass is 455 g/mol. The van der Waals surface area contributed by atoms with Crippen LogP contribution in [0.2, 0.25) is 5.02 Å². The highest BCUT2D eigenvalue weighted by Gasteiger charge is 2.28. The van der Waals surface area contributed by atoms with E-state index in [9.17, 15) is 4.79 Å². The van der Waals surface area contributed by atoms with Gasteiger partial charge < -0.3 is 9.32 Å². The summed E-state index contributed by atoms with van der Waals surface area (Å²) in [4.78, 5) is 15.7. The second-order valence-electron chi connectivity index (χ2n) is 7.10. The number of carbonyl (C=O) groups is 1. The van der Waals surface area contributed by atoms with Gasteiger partial charge in [0.2, 0.25) is 5.91 Å². The van der Waals surface area contributed by atoms with Crippen LogP contribution in [0.5, 0.6) is 0 Å². The van der Waals surface area contributed by atoms with E-state index in [0.29, 0.717) is 16.1 Å². The third-order valence-corrected chi connectivity index (χ3v) is 7.72. The molecular weight excluding hydrogens is 438 g/mol. The third kappa shape index (κ3) is 3.51. The molecule has 1 aliphatic heterocycles. The molecule has 4 aromatic rings. The summed E-state index contributed by atoms with van der Waals surface area (Å²) >= 11 is 9.32. The molecule has 1 amide bonds. The van der Waals surface area contributed by atoms with Crippen molar-refractivity contribution in [1.82, 2.24) is 10.2 Å². The highest BCUT2D eigenvalue weighted by molar-refractivity contribution is 8.00. The van der Waals surface area contributed by atoms with E-state index in [4.69, 9.17) is 16.0 Å². The van der Waals surface area contributed by atoms with Gasteiger partial charge in [-0.2, -0.15) is 0 Å². The smallest absolute Gasteiger partial charge is 0.277 e. The summed E-state index contributed by atoms with van der Waals surface area (Å²) < 4.78 is 6.92. The van der Waals surface area contributed by atoms with Crippen molar-refractivity contribution in [2.75, 3.05) is 11.4 Å². The van der Waals surface area contributed by atoms with E-state index in [1.807, 2.05) is 54.3 Å². The number of nitrogens with zero attached hydrogens (tertiary/aromatic N) is 3. The maximum atomic E-state index is 13.1. The van der Waals surface area contributed by atoms with Gasteiger partial charge in [0, 0.05) is 22.3 Å². The number of fused-ring (bicyclic) bond motifs is 2. The average molecular weight is 456 g/mol. The Morgan fingerprint density at radius 3 is 2.87 bits per heavy atom. The molecule has 1 atom stereocenters. The lowest BCUT2D eigenvalue weighted by Gasteiger charge is -2.31. The highest BCUT2D eigenvalue weighted by atomic mass is 35.5. The molecule has 2 aromatic carbocycles. The van der Waals surface area contributed by atoms with Gasteiger partial charge in [-0.25, -0.2) is 0 Å². The van der Waals surface area contributed by atoms with Gasteiger partial charge in [0.05, 0.1) is 10.3 Å². The predicted octanol–water partition coefficient (Wildman–Crippen LogP) is 6.06. The first kappa shape index (κ1) is 19.6. The zero-order valence-corrected chi connectivity index (χ0v) is 18.6. The topological polar surface area (TPSA) is 59.2 Å². The Morgan fingerprint density at radius 2 is 2.00 bits per heavy atom. The molecule has 8 heteroatoms. The summed E-state index contributed by atoms with van der Waals surface area (Å²) in [6, 6.07) is 16.0. The first-order chi connectivity index (χ1) is 14.6. The lowest BCUT2D eigenvalue weighted by molar-refractivity contribution is -0.117. The number of benzene rings is 2. The van der Waals surface area contributed by atoms with Crippen molar-refractivity contribution in [2.24, 2.45) is 0 Å². The number of amides is 1. The number of rotatable bonds is 4. The van der Waals surface area contributed by atoms with Gasteiger partial charge in [-0.3, -0.25) is 4.79 Å². The third-order valence-electron chi connectivity index (χ3n) is 5.14. The van der Waals surface area contributed by atoms with Crippen molar-refractivity contribution in [3.05, 3.63) is 59.1 Å². The number of hydrogen-bond acceptors (Lipinski definition) is 6. The van der Waals surface area contributed by atoms with Crippen LogP contribution in [0.15, 0.2) is 58.2 Å². The molecule has 1 aliphatic rings. The molecule has 5 nitrogen and oxygen atoms in total. The molecule has 0 spiro atoms. The summed E-state index contributed by atoms with van der Waals surface area (Å²) in [5.41, 5.74) is 2.22. The molecule has 30 heavy (non-hydrogen) atoms. The van der Waals surface area contributed by atoms with Crippen molar-refractivity contribution in [1.29, 1.82) is 0 Å². The standard InChI is InChI=1S/C22H18ClN3O2S2/c1-13(21(27)26-12-6-8-14-7-2-4-10-16(14)26)29-22-25-24-20(28-22)19-18(23)15-9-3-5-11-17(15)30-19/h2-5,7,9-11,13H,6,8,12H2,1H3. The Balaban J connectivity index is 1.35. The van der Waals surface area contributed by atoms with E-state index in [2.05, 4.69) is 16.3 Å². The molecule has 0 saturated carbocycles. The van der Waals surface area contributed by atoms with Crippen LogP contribution in [0.25, 0.3) is 20.9 Å². The van der Waals surface area contributed by atoms with Crippen LogP contribution >= 0.6 is 34.7 Å². The Hall–Kier alpha value is -2.35. The second-order valence-corrected chi connectivity index (χ2v) is 9.82. The summed E-state index contributed by atoms with van der Waals surface area (Å²) in [5.74, 6) is 0.429. The minimum Gasteiger partial charge on any atom is -0.410 e. The Labute approximate surface area is 187 Å². The lowest BCUT2D eigenvalue weighted by Crippen LogP contribution is -2.40. The van der Waals surface area contributed by atoms with Crippen LogP contribution in [0.3, 0.4) is 0 Å². The quantitative estimate of drug-likeness (QED) is 0.350. The zero-order valence-electron chi connectivity index (χ0n) is 16.2. The number of aryl methyl sites for hydroxylation is 1. The highest BCUT2D eigenvalue weighted by Crippen LogP contribution is 2.42. The number of hydrogen-bond donors (Lipinski definition) is 0. The van der Waals surface area contributed by atoms with Crippen molar-refractivity contribution in [3.8, 4) is 10.8 Å². The van der Waals surface area contributed by atoms with Crippen LogP contribution in [-0.2, 0) is 11.2 Å². The Kier molecular flexibility index (Phi) is 5.26. The molecule has 3 heterocycles. The van der Waals surface area contributed by atoms with Gasteiger partial charge in [-0.15, -0.1) is 21.5 Å². The lowest BCUT2D eigenvalue weighted by atomic mass is 10.0. The molecule has 0 N–H and O–H groups in total. The van der Waals surface area contributed by atoms with Crippen LogP contribution in [0.1, 0.15) is 18.9 Å². The number of halogens is 1. The molecular formula is C22H18ClN3O2S2. The molecule has 0 radical (unpaired) electrons. The SMILES string of the molecule is CC(Sc1nnc(-c2sc3ccccc3c2Cl)o1)C(=O)N1CCCc2ccccc21. The maximum absolute atomic E-state index is 13.1. The van der Waals surface area contributed by atoms with Crippen LogP contribution in [0, 0.1) is 0 Å². The first-order valence-electron chi connectivity index (χ1n) is 9.68. The van der Waals surface area contributed by atoms with Crippen LogP contribution in [-0.4, -0.2) is 27.9 Å². The fourth-order valence-electron chi connectivity index (χ4n) is 3.68. The van der Waals surface area contributed by atoms with E-state index in [0.717, 1.165) is 40.0 Å². The summed E-state index contributed by atoms with van der Waals surface area (Å²) in [6.07, 6.45) is 1.97. The number of aromatic nitrogens is 2. The van der Waals surface area contributed by atoms with Crippen molar-refractivity contribution in [2.45, 2.75) is 30.2 Å². The summed E-state index contributed by atoms with van der Waals surface area (Å²) in [6.45, 7) is 2.60. The fraction of sp³-hybridized carbons (Fsp3) is 0.227. The van der Waals surface area contributed by atoms with Gasteiger partial charge in [-0.1, -0.05) is 59.8 Å². The van der Waals surface area contributed by atoms with E-state index < -0.39 is 0 Å². The van der Waals surface area contributed by atoms with E-state index in [-0.39, 0.29) is 11.2 Å². The minimum absolute atomic E-state index is 0.0480. The number of anilines is 1. The van der Waals surface area contributed by atoms with E-state index in [1.165, 1.54) is 28.7 Å². The van der Waals surface area contributed by atoms with Crippen LogP contribution < -0.4 is 4.90 Å². The summed E-state index contributed by atoms with van der Waals surface area (Å²) in [5, 5.41) is 9.91. The number of para-hydroxylation sites is 1. The van der Waals surface area contributed by atoms with Crippen LogP contribution in [0.4, 0.5) is 5.69 Å². The van der Waals surface area contributed by atoms with Gasteiger partial charge in [0.25, 0.3) is 11.1 Å². The molecule has 5 rings (SSSR count). The molecule has 1 unspecified atom stereocenters. The number of thioether (sulfide) groups is 1. The van der Waals surface area contributed by atoms with Gasteiger partial charge in [0.15, 0.2) is 0 Å². The fourth-order valence-corrected chi connectivity index (χ4v) is 5.86. The van der Waals surface area contributed by atoms with Gasteiger partial charge in [0.1, 0.15) is 4.88 Å². The molecule has 0 saturated heterocycles. The summed E-state index contributed by atoms with van der Waals surface area (Å²) in [7, 11) is 0. The van der Waals surface area contributed by atoms with Crippen molar-refractivity contribution >= 4 is 56.4 Å². The van der Waals surface area contributed by atoms with E-state index >= 15 is 0 Å².